The van der Waals surface area contributed by atoms with Gasteiger partial charge >= 0.3 is 5.97 Å². The first-order valence-electron chi connectivity index (χ1n) is 8.86. The fourth-order valence-corrected chi connectivity index (χ4v) is 3.49. The van der Waals surface area contributed by atoms with E-state index in [2.05, 4.69) is 48.5 Å². The first kappa shape index (κ1) is 20.5. The molecule has 4 atom stereocenters. The summed E-state index contributed by atoms with van der Waals surface area (Å²) in [5.74, 6) is 2.89. The van der Waals surface area contributed by atoms with Crippen LogP contribution in [0.4, 0.5) is 0 Å². The molecular formula is C19H38O2. The highest BCUT2D eigenvalue weighted by atomic mass is 16.5. The third-order valence-corrected chi connectivity index (χ3v) is 4.54. The number of rotatable bonds is 10. The largest absolute Gasteiger partial charge is 0.462 e. The summed E-state index contributed by atoms with van der Waals surface area (Å²) in [5.41, 5.74) is 0. The van der Waals surface area contributed by atoms with E-state index < -0.39 is 0 Å². The van der Waals surface area contributed by atoms with Crippen molar-refractivity contribution >= 4 is 5.97 Å². The summed E-state index contributed by atoms with van der Waals surface area (Å²) in [6, 6.07) is 0. The van der Waals surface area contributed by atoms with E-state index in [1.807, 2.05) is 0 Å². The van der Waals surface area contributed by atoms with E-state index in [0.29, 0.717) is 23.7 Å². The number of hydrogen-bond acceptors (Lipinski definition) is 2. The highest BCUT2D eigenvalue weighted by Crippen LogP contribution is 2.34. The molecule has 0 aliphatic carbocycles. The van der Waals surface area contributed by atoms with Crippen molar-refractivity contribution in [2.75, 3.05) is 0 Å². The van der Waals surface area contributed by atoms with Crippen LogP contribution in [0.2, 0.25) is 0 Å². The summed E-state index contributed by atoms with van der Waals surface area (Å²) in [7, 11) is 0. The van der Waals surface area contributed by atoms with Gasteiger partial charge in [0.25, 0.3) is 0 Å². The molecule has 2 nitrogen and oxygen atoms in total. The third kappa shape index (κ3) is 8.48. The standard InChI is InChI=1S/C19H38O2/c1-9-10-18(16(7)15(6)11-13(2)3)19(12-14(4)5)21-17(8)20/h13-16,18-19H,9-12H2,1-8H3. The van der Waals surface area contributed by atoms with Gasteiger partial charge in [-0.1, -0.05) is 54.9 Å². The third-order valence-electron chi connectivity index (χ3n) is 4.54. The molecule has 0 N–H and O–H groups in total. The number of ether oxygens (including phenoxy) is 1. The molecule has 126 valence electrons. The fourth-order valence-electron chi connectivity index (χ4n) is 3.49. The molecule has 0 rings (SSSR count). The summed E-state index contributed by atoms with van der Waals surface area (Å²) in [6.07, 6.45) is 4.60. The predicted octanol–water partition coefficient (Wildman–Crippen LogP) is 5.70. The van der Waals surface area contributed by atoms with Crippen LogP contribution in [0.15, 0.2) is 0 Å². The van der Waals surface area contributed by atoms with Crippen LogP contribution in [0.1, 0.15) is 81.1 Å². The van der Waals surface area contributed by atoms with E-state index >= 15 is 0 Å². The summed E-state index contributed by atoms with van der Waals surface area (Å²) in [6.45, 7) is 17.5. The van der Waals surface area contributed by atoms with E-state index in [1.165, 1.54) is 6.42 Å². The van der Waals surface area contributed by atoms with Crippen molar-refractivity contribution in [2.24, 2.45) is 29.6 Å². The van der Waals surface area contributed by atoms with Crippen LogP contribution in [0.3, 0.4) is 0 Å². The Hall–Kier alpha value is -0.530. The van der Waals surface area contributed by atoms with Gasteiger partial charge in [-0.05, 0) is 48.9 Å². The van der Waals surface area contributed by atoms with E-state index in [-0.39, 0.29) is 12.1 Å². The van der Waals surface area contributed by atoms with Crippen molar-refractivity contribution in [3.8, 4) is 0 Å². The summed E-state index contributed by atoms with van der Waals surface area (Å²) in [5, 5.41) is 0. The van der Waals surface area contributed by atoms with Crippen LogP contribution < -0.4 is 0 Å². The molecule has 0 saturated carbocycles. The Kier molecular flexibility index (Phi) is 9.98. The minimum atomic E-state index is -0.134. The average molecular weight is 299 g/mol. The maximum absolute atomic E-state index is 11.5. The molecule has 0 saturated heterocycles. The lowest BCUT2D eigenvalue weighted by Crippen LogP contribution is -2.34. The van der Waals surface area contributed by atoms with Crippen molar-refractivity contribution < 1.29 is 9.53 Å². The van der Waals surface area contributed by atoms with E-state index in [4.69, 9.17) is 4.74 Å². The van der Waals surface area contributed by atoms with Crippen LogP contribution in [-0.2, 0) is 9.53 Å². The zero-order chi connectivity index (χ0) is 16.6. The second-order valence-corrected chi connectivity index (χ2v) is 7.70. The van der Waals surface area contributed by atoms with Crippen molar-refractivity contribution in [3.05, 3.63) is 0 Å². The Morgan fingerprint density at radius 2 is 1.48 bits per heavy atom. The Labute approximate surface area is 133 Å². The first-order chi connectivity index (χ1) is 9.68. The molecule has 0 amide bonds. The molecule has 0 aromatic heterocycles. The van der Waals surface area contributed by atoms with Crippen LogP contribution in [0, 0.1) is 29.6 Å². The van der Waals surface area contributed by atoms with Crippen molar-refractivity contribution in [2.45, 2.75) is 87.2 Å². The van der Waals surface area contributed by atoms with Gasteiger partial charge in [-0.3, -0.25) is 4.79 Å². The maximum atomic E-state index is 11.5. The van der Waals surface area contributed by atoms with Crippen LogP contribution >= 0.6 is 0 Å². The molecule has 0 aromatic carbocycles. The lowest BCUT2D eigenvalue weighted by Gasteiger charge is -2.36. The van der Waals surface area contributed by atoms with Crippen LogP contribution in [0.5, 0.6) is 0 Å². The zero-order valence-electron chi connectivity index (χ0n) is 15.6. The van der Waals surface area contributed by atoms with Crippen LogP contribution in [-0.4, -0.2) is 12.1 Å². The smallest absolute Gasteiger partial charge is 0.302 e. The first-order valence-corrected chi connectivity index (χ1v) is 8.86. The van der Waals surface area contributed by atoms with E-state index in [0.717, 1.165) is 25.2 Å². The Balaban J connectivity index is 5.03. The number of hydrogen-bond donors (Lipinski definition) is 0. The lowest BCUT2D eigenvalue weighted by molar-refractivity contribution is -0.152. The molecule has 4 unspecified atom stereocenters. The summed E-state index contributed by atoms with van der Waals surface area (Å²) in [4.78, 5) is 11.5. The van der Waals surface area contributed by atoms with Gasteiger partial charge in [-0.25, -0.2) is 0 Å². The van der Waals surface area contributed by atoms with Gasteiger partial charge in [-0.15, -0.1) is 0 Å². The maximum Gasteiger partial charge on any atom is 0.302 e. The lowest BCUT2D eigenvalue weighted by atomic mass is 9.74. The molecule has 0 heterocycles. The number of carbonyl (C=O) groups excluding carboxylic acids is 1. The van der Waals surface area contributed by atoms with Crippen LogP contribution in [0.25, 0.3) is 0 Å². The van der Waals surface area contributed by atoms with Gasteiger partial charge in [0.2, 0.25) is 0 Å². The summed E-state index contributed by atoms with van der Waals surface area (Å²) >= 11 is 0. The Morgan fingerprint density at radius 1 is 0.952 bits per heavy atom. The molecule has 0 aliphatic rings. The molecular weight excluding hydrogens is 260 g/mol. The second kappa shape index (κ2) is 10.2. The van der Waals surface area contributed by atoms with Gasteiger partial charge in [0.05, 0.1) is 0 Å². The van der Waals surface area contributed by atoms with Gasteiger partial charge in [0.1, 0.15) is 6.10 Å². The molecule has 0 aliphatic heterocycles. The van der Waals surface area contributed by atoms with E-state index in [1.54, 1.807) is 6.92 Å². The normalized spacial score (nSPS) is 17.6. The SMILES string of the molecule is CCCC(C(CC(C)C)OC(C)=O)C(C)C(C)CC(C)C. The molecule has 0 spiro atoms. The quantitative estimate of drug-likeness (QED) is 0.484. The van der Waals surface area contributed by atoms with Crippen molar-refractivity contribution in [1.29, 1.82) is 0 Å². The van der Waals surface area contributed by atoms with E-state index in [9.17, 15) is 4.79 Å². The minimum absolute atomic E-state index is 0.0760. The highest BCUT2D eigenvalue weighted by Gasteiger charge is 2.32. The molecule has 0 fully saturated rings. The monoisotopic (exact) mass is 298 g/mol. The Morgan fingerprint density at radius 3 is 1.86 bits per heavy atom. The Bertz CT molecular complexity index is 283. The second-order valence-electron chi connectivity index (χ2n) is 7.70. The topological polar surface area (TPSA) is 26.3 Å². The zero-order valence-corrected chi connectivity index (χ0v) is 15.6. The van der Waals surface area contributed by atoms with Crippen molar-refractivity contribution in [3.63, 3.8) is 0 Å². The highest BCUT2D eigenvalue weighted by molar-refractivity contribution is 5.66. The molecule has 0 aromatic rings. The van der Waals surface area contributed by atoms with Gasteiger partial charge in [-0.2, -0.15) is 0 Å². The van der Waals surface area contributed by atoms with Crippen molar-refractivity contribution in [1.82, 2.24) is 0 Å². The number of carbonyl (C=O) groups is 1. The minimum Gasteiger partial charge on any atom is -0.462 e. The fraction of sp³-hybridized carbons (Fsp3) is 0.947. The van der Waals surface area contributed by atoms with Gasteiger partial charge in [0, 0.05) is 6.92 Å². The number of esters is 1. The molecule has 0 bridgehead atoms. The molecule has 2 heteroatoms. The van der Waals surface area contributed by atoms with Gasteiger partial charge in [0.15, 0.2) is 0 Å². The average Bonchev–Trinajstić information content (AvgIpc) is 2.32. The molecule has 0 radical (unpaired) electrons. The summed E-state index contributed by atoms with van der Waals surface area (Å²) < 4.78 is 5.71. The predicted molar refractivity (Wildman–Crippen MR) is 91.2 cm³/mol. The molecule has 21 heavy (non-hydrogen) atoms. The van der Waals surface area contributed by atoms with Gasteiger partial charge < -0.3 is 4.74 Å².